The summed E-state index contributed by atoms with van der Waals surface area (Å²) in [4.78, 5) is 14.2. The third-order valence-electron chi connectivity index (χ3n) is 2.98. The molecule has 2 heterocycles. The molecule has 78 valence electrons. The van der Waals surface area contributed by atoms with Gasteiger partial charge in [-0.05, 0) is 13.3 Å². The van der Waals surface area contributed by atoms with Crippen molar-refractivity contribution in [1.82, 2.24) is 4.90 Å². The van der Waals surface area contributed by atoms with Gasteiger partial charge in [0.2, 0.25) is 5.91 Å². The molecular weight excluding hydrogens is 216 g/mol. The number of rotatable bonds is 2. The maximum absolute atomic E-state index is 11.9. The number of amides is 1. The van der Waals surface area contributed by atoms with Crippen LogP contribution in [0.2, 0.25) is 0 Å². The Hall–Kier alpha value is -0.290. The average Bonchev–Trinajstić information content (AvgIpc) is 2.76. The molecule has 2 bridgehead atoms. The van der Waals surface area contributed by atoms with Crippen molar-refractivity contribution >= 4 is 34.9 Å². The lowest BCUT2D eigenvalue weighted by Crippen LogP contribution is -2.44. The van der Waals surface area contributed by atoms with Gasteiger partial charge in [-0.3, -0.25) is 4.79 Å². The van der Waals surface area contributed by atoms with Crippen LogP contribution in [0, 0.1) is 5.92 Å². The summed E-state index contributed by atoms with van der Waals surface area (Å²) >= 11 is 6.82. The monoisotopic (exact) mass is 230 g/mol. The minimum absolute atomic E-state index is 0.116. The van der Waals surface area contributed by atoms with Crippen molar-refractivity contribution in [2.75, 3.05) is 12.3 Å². The lowest BCUT2D eigenvalue weighted by molar-refractivity contribution is -0.133. The van der Waals surface area contributed by atoms with Crippen molar-refractivity contribution in [3.8, 4) is 0 Å². The zero-order valence-electron chi connectivity index (χ0n) is 8.10. The molecule has 1 amide bonds. The van der Waals surface area contributed by atoms with Gasteiger partial charge in [-0.1, -0.05) is 12.2 Å². The second-order valence-electron chi connectivity index (χ2n) is 3.96. The standard InChI is InChI=1S/C9H14N2OS2/c1-5(8(10)13)9(12)11-3-7-2-6(11)4-14-7/h5-7H,2-4H2,1H3,(H2,10,13). The van der Waals surface area contributed by atoms with E-state index in [1.807, 2.05) is 16.7 Å². The van der Waals surface area contributed by atoms with E-state index in [0.29, 0.717) is 16.3 Å². The molecule has 0 radical (unpaired) electrons. The Morgan fingerprint density at radius 3 is 2.86 bits per heavy atom. The molecule has 3 atom stereocenters. The Bertz CT molecular complexity index is 282. The molecule has 3 nitrogen and oxygen atoms in total. The number of nitrogens with zero attached hydrogens (tertiary/aromatic N) is 1. The number of hydrogen-bond acceptors (Lipinski definition) is 3. The van der Waals surface area contributed by atoms with E-state index >= 15 is 0 Å². The molecule has 3 unspecified atom stereocenters. The summed E-state index contributed by atoms with van der Waals surface area (Å²) in [5.41, 5.74) is 5.48. The van der Waals surface area contributed by atoms with Crippen molar-refractivity contribution in [2.45, 2.75) is 24.6 Å². The second-order valence-corrected chi connectivity index (χ2v) is 5.76. The lowest BCUT2D eigenvalue weighted by Gasteiger charge is -2.28. The first-order chi connectivity index (χ1) is 6.59. The van der Waals surface area contributed by atoms with Crippen LogP contribution in [0.5, 0.6) is 0 Å². The average molecular weight is 230 g/mol. The normalized spacial score (nSPS) is 31.9. The highest BCUT2D eigenvalue weighted by molar-refractivity contribution is 8.00. The Kier molecular flexibility index (Phi) is 2.70. The Morgan fingerprint density at radius 1 is 1.71 bits per heavy atom. The summed E-state index contributed by atoms with van der Waals surface area (Å²) in [5, 5.41) is 0.655. The summed E-state index contributed by atoms with van der Waals surface area (Å²) in [5.74, 6) is 0.903. The van der Waals surface area contributed by atoms with Crippen LogP contribution in [0.4, 0.5) is 0 Å². The van der Waals surface area contributed by atoms with Gasteiger partial charge >= 0.3 is 0 Å². The predicted molar refractivity (Wildman–Crippen MR) is 62.3 cm³/mol. The molecule has 2 aliphatic rings. The van der Waals surface area contributed by atoms with Gasteiger partial charge in [0.15, 0.2) is 0 Å². The molecule has 0 aromatic heterocycles. The molecular formula is C9H14N2OS2. The summed E-state index contributed by atoms with van der Waals surface area (Å²) in [7, 11) is 0. The number of fused-ring (bicyclic) bond motifs is 2. The molecule has 2 saturated heterocycles. The number of nitrogens with two attached hydrogens (primary N) is 1. The van der Waals surface area contributed by atoms with Crippen LogP contribution < -0.4 is 5.73 Å². The van der Waals surface area contributed by atoms with Crippen LogP contribution in [-0.4, -0.2) is 39.4 Å². The molecule has 0 spiro atoms. The third kappa shape index (κ3) is 1.63. The molecule has 2 fully saturated rings. The van der Waals surface area contributed by atoms with Crippen LogP contribution in [0.1, 0.15) is 13.3 Å². The van der Waals surface area contributed by atoms with Gasteiger partial charge in [0.1, 0.15) is 0 Å². The highest BCUT2D eigenvalue weighted by Crippen LogP contribution is 2.37. The topological polar surface area (TPSA) is 46.3 Å². The first-order valence-corrected chi connectivity index (χ1v) is 6.26. The molecule has 0 saturated carbocycles. The quantitative estimate of drug-likeness (QED) is 0.707. The minimum Gasteiger partial charge on any atom is -0.393 e. The summed E-state index contributed by atoms with van der Waals surface area (Å²) < 4.78 is 0. The number of thiocarbonyl (C=S) groups is 1. The van der Waals surface area contributed by atoms with E-state index in [2.05, 4.69) is 0 Å². The maximum atomic E-state index is 11.9. The van der Waals surface area contributed by atoms with E-state index in [1.165, 1.54) is 0 Å². The van der Waals surface area contributed by atoms with Crippen molar-refractivity contribution in [2.24, 2.45) is 11.7 Å². The van der Waals surface area contributed by atoms with Gasteiger partial charge in [-0.15, -0.1) is 0 Å². The molecule has 0 aliphatic carbocycles. The van der Waals surface area contributed by atoms with Gasteiger partial charge < -0.3 is 10.6 Å². The minimum atomic E-state index is -0.297. The number of carbonyl (C=O) groups is 1. The van der Waals surface area contributed by atoms with Gasteiger partial charge in [-0.2, -0.15) is 11.8 Å². The summed E-state index contributed by atoms with van der Waals surface area (Å²) in [6.07, 6.45) is 1.15. The number of hydrogen-bond donors (Lipinski definition) is 1. The third-order valence-corrected chi connectivity index (χ3v) is 4.72. The largest absolute Gasteiger partial charge is 0.393 e. The smallest absolute Gasteiger partial charge is 0.232 e. The van der Waals surface area contributed by atoms with Crippen molar-refractivity contribution < 1.29 is 4.79 Å². The van der Waals surface area contributed by atoms with Gasteiger partial charge in [-0.25, -0.2) is 0 Å². The fourth-order valence-corrected chi connectivity index (χ4v) is 3.58. The van der Waals surface area contributed by atoms with E-state index in [-0.39, 0.29) is 11.8 Å². The highest BCUT2D eigenvalue weighted by Gasteiger charge is 2.42. The maximum Gasteiger partial charge on any atom is 0.232 e. The van der Waals surface area contributed by atoms with Crippen LogP contribution in [0.25, 0.3) is 0 Å². The van der Waals surface area contributed by atoms with E-state index in [1.54, 1.807) is 6.92 Å². The molecule has 2 N–H and O–H groups in total. The van der Waals surface area contributed by atoms with Gasteiger partial charge in [0.05, 0.1) is 10.9 Å². The van der Waals surface area contributed by atoms with Gasteiger partial charge in [0, 0.05) is 23.6 Å². The molecule has 14 heavy (non-hydrogen) atoms. The zero-order chi connectivity index (χ0) is 10.3. The molecule has 0 aromatic carbocycles. The number of likely N-dealkylation sites (tertiary alicyclic amines) is 1. The Morgan fingerprint density at radius 2 is 2.43 bits per heavy atom. The van der Waals surface area contributed by atoms with Crippen LogP contribution in [0.15, 0.2) is 0 Å². The van der Waals surface area contributed by atoms with Crippen molar-refractivity contribution in [1.29, 1.82) is 0 Å². The lowest BCUT2D eigenvalue weighted by atomic mass is 10.1. The van der Waals surface area contributed by atoms with E-state index in [9.17, 15) is 4.79 Å². The second kappa shape index (κ2) is 3.70. The zero-order valence-corrected chi connectivity index (χ0v) is 9.74. The van der Waals surface area contributed by atoms with E-state index < -0.39 is 0 Å². The Balaban J connectivity index is 2.02. The van der Waals surface area contributed by atoms with Crippen molar-refractivity contribution in [3.63, 3.8) is 0 Å². The molecule has 2 aliphatic heterocycles. The van der Waals surface area contributed by atoms with E-state index in [0.717, 1.165) is 18.7 Å². The van der Waals surface area contributed by atoms with Crippen molar-refractivity contribution in [3.05, 3.63) is 0 Å². The van der Waals surface area contributed by atoms with Crippen LogP contribution in [0.3, 0.4) is 0 Å². The van der Waals surface area contributed by atoms with E-state index in [4.69, 9.17) is 18.0 Å². The Labute approximate surface area is 93.4 Å². The summed E-state index contributed by atoms with van der Waals surface area (Å²) in [6.45, 7) is 2.69. The number of thioether (sulfide) groups is 1. The fourth-order valence-electron chi connectivity index (χ4n) is 2.04. The van der Waals surface area contributed by atoms with Crippen LogP contribution in [-0.2, 0) is 4.79 Å². The predicted octanol–water partition coefficient (Wildman–Crippen LogP) is 0.625. The molecule has 5 heteroatoms. The molecule has 0 aromatic rings. The SMILES string of the molecule is CC(C(=O)N1CC2CC1CS2)C(N)=S. The van der Waals surface area contributed by atoms with Gasteiger partial charge in [0.25, 0.3) is 0 Å². The van der Waals surface area contributed by atoms with Crippen LogP contribution >= 0.6 is 24.0 Å². The summed E-state index contributed by atoms with van der Waals surface area (Å²) in [6, 6.07) is 0.439. The number of carbonyl (C=O) groups excluding carboxylic acids is 1. The molecule has 2 rings (SSSR count). The fraction of sp³-hybridized carbons (Fsp3) is 0.778. The first kappa shape index (κ1) is 10.2. The first-order valence-electron chi connectivity index (χ1n) is 4.81. The highest BCUT2D eigenvalue weighted by atomic mass is 32.2.